The Morgan fingerprint density at radius 2 is 1.85 bits per heavy atom. The van der Waals surface area contributed by atoms with Crippen LogP contribution >= 0.6 is 23.2 Å². The molecule has 1 aromatic carbocycles. The molecule has 1 N–H and O–H groups in total. The average Bonchev–Trinajstić information content (AvgIpc) is 2.63. The van der Waals surface area contributed by atoms with Gasteiger partial charge >= 0.3 is 0 Å². The van der Waals surface area contributed by atoms with E-state index in [0.29, 0.717) is 32.1 Å². The van der Waals surface area contributed by atoms with Crippen LogP contribution in [0.4, 0.5) is 0 Å². The van der Waals surface area contributed by atoms with Crippen LogP contribution in [0.3, 0.4) is 0 Å². The van der Waals surface area contributed by atoms with Crippen molar-refractivity contribution >= 4 is 34.0 Å². The van der Waals surface area contributed by atoms with E-state index < -0.39 is 10.8 Å². The lowest BCUT2D eigenvalue weighted by Crippen LogP contribution is -2.06. The van der Waals surface area contributed by atoms with Gasteiger partial charge in [0.05, 0.1) is 40.2 Å². The number of aliphatic hydroxyl groups excluding tert-OH is 1. The number of hydrogen-bond acceptors (Lipinski definition) is 3. The fourth-order valence-corrected chi connectivity index (χ4v) is 4.06. The first-order chi connectivity index (χ1) is 9.43. The summed E-state index contributed by atoms with van der Waals surface area (Å²) in [5, 5.41) is 14.2. The van der Waals surface area contributed by atoms with Crippen molar-refractivity contribution in [2.45, 2.75) is 30.2 Å². The van der Waals surface area contributed by atoms with E-state index in [1.54, 1.807) is 29.8 Å². The van der Waals surface area contributed by atoms with Crippen molar-refractivity contribution in [2.75, 3.05) is 6.61 Å². The molecule has 7 heteroatoms. The highest BCUT2D eigenvalue weighted by molar-refractivity contribution is 7.85. The quantitative estimate of drug-likeness (QED) is 0.936. The molecule has 4 nitrogen and oxygen atoms in total. The summed E-state index contributed by atoms with van der Waals surface area (Å²) in [5.74, 6) is 0. The first kappa shape index (κ1) is 15.5. The molecule has 2 rings (SSSR count). The molecular weight excluding hydrogens is 319 g/mol. The maximum Gasteiger partial charge on any atom is 0.0888 e. The van der Waals surface area contributed by atoms with Gasteiger partial charge in [0, 0.05) is 14.9 Å². The van der Waals surface area contributed by atoms with Crippen LogP contribution in [-0.4, -0.2) is 25.7 Å². The van der Waals surface area contributed by atoms with E-state index in [4.69, 9.17) is 28.3 Å². The van der Waals surface area contributed by atoms with Crippen LogP contribution in [0.15, 0.2) is 28.0 Å². The first-order valence-electron chi connectivity index (χ1n) is 5.96. The number of rotatable bonds is 4. The highest BCUT2D eigenvalue weighted by Crippen LogP contribution is 2.27. The fraction of sp³-hybridized carbons (Fsp3) is 0.308. The predicted octanol–water partition coefficient (Wildman–Crippen LogP) is 2.97. The highest BCUT2D eigenvalue weighted by atomic mass is 35.5. The van der Waals surface area contributed by atoms with E-state index in [9.17, 15) is 4.21 Å². The van der Waals surface area contributed by atoms with Crippen LogP contribution in [0.2, 0.25) is 10.0 Å². The first-order valence-corrected chi connectivity index (χ1v) is 7.87. The molecule has 20 heavy (non-hydrogen) atoms. The van der Waals surface area contributed by atoms with Gasteiger partial charge in [0.15, 0.2) is 0 Å². The molecule has 1 unspecified atom stereocenters. The van der Waals surface area contributed by atoms with E-state index in [1.165, 1.54) is 0 Å². The van der Waals surface area contributed by atoms with Crippen molar-refractivity contribution in [3.63, 3.8) is 0 Å². The van der Waals surface area contributed by atoms with Crippen molar-refractivity contribution in [1.29, 1.82) is 0 Å². The monoisotopic (exact) mass is 332 g/mol. The lowest BCUT2D eigenvalue weighted by molar-refractivity contribution is 0.267. The standard InChI is InChI=1S/C13H14Cl2N2O2S/c1-8-13(9(2)17(16-8)3-4-18)20(19)12-6-10(14)5-11(15)7-12/h5-7,18H,3-4H2,1-2H3. The highest BCUT2D eigenvalue weighted by Gasteiger charge is 2.19. The zero-order valence-corrected chi connectivity index (χ0v) is 13.4. The summed E-state index contributed by atoms with van der Waals surface area (Å²) in [5.41, 5.74) is 1.44. The van der Waals surface area contributed by atoms with Gasteiger partial charge in [-0.1, -0.05) is 23.2 Å². The van der Waals surface area contributed by atoms with Gasteiger partial charge in [0.25, 0.3) is 0 Å². The zero-order chi connectivity index (χ0) is 14.9. The lowest BCUT2D eigenvalue weighted by Gasteiger charge is -2.05. The number of halogens is 2. The van der Waals surface area contributed by atoms with Gasteiger partial charge in [-0.15, -0.1) is 0 Å². The fourth-order valence-electron chi connectivity index (χ4n) is 2.01. The van der Waals surface area contributed by atoms with Gasteiger partial charge in [-0.05, 0) is 32.0 Å². The summed E-state index contributed by atoms with van der Waals surface area (Å²) in [4.78, 5) is 1.18. The van der Waals surface area contributed by atoms with Crippen molar-refractivity contribution in [1.82, 2.24) is 9.78 Å². The van der Waals surface area contributed by atoms with Crippen molar-refractivity contribution in [3.05, 3.63) is 39.6 Å². The zero-order valence-electron chi connectivity index (χ0n) is 11.1. The number of nitrogens with zero attached hydrogens (tertiary/aromatic N) is 2. The molecule has 0 saturated carbocycles. The van der Waals surface area contributed by atoms with Gasteiger partial charge in [-0.25, -0.2) is 4.21 Å². The Morgan fingerprint density at radius 1 is 1.25 bits per heavy atom. The molecule has 1 aromatic heterocycles. The smallest absolute Gasteiger partial charge is 0.0888 e. The Morgan fingerprint density at radius 3 is 2.40 bits per heavy atom. The molecule has 1 heterocycles. The minimum atomic E-state index is -1.41. The maximum atomic E-state index is 12.7. The third-order valence-electron chi connectivity index (χ3n) is 2.86. The van der Waals surface area contributed by atoms with E-state index in [2.05, 4.69) is 5.10 Å². The molecule has 0 spiro atoms. The van der Waals surface area contributed by atoms with E-state index >= 15 is 0 Å². The molecule has 0 saturated heterocycles. The minimum absolute atomic E-state index is 0.0168. The van der Waals surface area contributed by atoms with Crippen LogP contribution < -0.4 is 0 Å². The van der Waals surface area contributed by atoms with Crippen LogP contribution in [0.1, 0.15) is 11.4 Å². The van der Waals surface area contributed by atoms with Crippen LogP contribution in [0.5, 0.6) is 0 Å². The van der Waals surface area contributed by atoms with Gasteiger partial charge in [0.2, 0.25) is 0 Å². The van der Waals surface area contributed by atoms with Crippen LogP contribution in [-0.2, 0) is 17.3 Å². The van der Waals surface area contributed by atoms with Crippen LogP contribution in [0, 0.1) is 13.8 Å². The average molecular weight is 333 g/mol. The van der Waals surface area contributed by atoms with Crippen LogP contribution in [0.25, 0.3) is 0 Å². The third-order valence-corrected chi connectivity index (χ3v) is 4.92. The van der Waals surface area contributed by atoms with Crippen molar-refractivity contribution < 1.29 is 9.32 Å². The molecular formula is C13H14Cl2N2O2S. The topological polar surface area (TPSA) is 55.1 Å². The Kier molecular flexibility index (Phi) is 4.86. The Hall–Kier alpha value is -0.880. The largest absolute Gasteiger partial charge is 0.394 e. The second-order valence-electron chi connectivity index (χ2n) is 4.32. The summed E-state index contributed by atoms with van der Waals surface area (Å²) in [7, 11) is -1.41. The van der Waals surface area contributed by atoms with Gasteiger partial charge in [-0.2, -0.15) is 5.10 Å². The van der Waals surface area contributed by atoms with E-state index in [-0.39, 0.29) is 6.61 Å². The normalized spacial score (nSPS) is 12.7. The van der Waals surface area contributed by atoms with Crippen molar-refractivity contribution in [3.8, 4) is 0 Å². The summed E-state index contributed by atoms with van der Waals surface area (Å²) in [6.07, 6.45) is 0. The predicted molar refractivity (Wildman–Crippen MR) is 79.9 cm³/mol. The Bertz CT molecular complexity index is 650. The summed E-state index contributed by atoms with van der Waals surface area (Å²) in [6.45, 7) is 3.98. The maximum absolute atomic E-state index is 12.7. The molecule has 0 amide bonds. The molecule has 0 aliphatic rings. The number of aliphatic hydroxyl groups is 1. The van der Waals surface area contributed by atoms with E-state index in [1.807, 2.05) is 6.92 Å². The molecule has 0 fully saturated rings. The van der Waals surface area contributed by atoms with Crippen molar-refractivity contribution in [2.24, 2.45) is 0 Å². The molecule has 108 valence electrons. The third kappa shape index (κ3) is 3.06. The number of hydrogen-bond donors (Lipinski definition) is 1. The minimum Gasteiger partial charge on any atom is -0.394 e. The Labute approximate surface area is 129 Å². The number of aromatic nitrogens is 2. The molecule has 0 aliphatic carbocycles. The molecule has 2 aromatic rings. The van der Waals surface area contributed by atoms with Gasteiger partial charge in [-0.3, -0.25) is 4.68 Å². The molecule has 0 radical (unpaired) electrons. The molecule has 1 atom stereocenters. The summed E-state index contributed by atoms with van der Waals surface area (Å²) < 4.78 is 14.3. The summed E-state index contributed by atoms with van der Waals surface area (Å²) >= 11 is 11.9. The second kappa shape index (κ2) is 6.26. The number of benzene rings is 1. The number of aryl methyl sites for hydroxylation is 1. The van der Waals surface area contributed by atoms with E-state index in [0.717, 1.165) is 5.69 Å². The molecule has 0 bridgehead atoms. The summed E-state index contributed by atoms with van der Waals surface area (Å²) in [6, 6.07) is 4.86. The SMILES string of the molecule is Cc1nn(CCO)c(C)c1S(=O)c1cc(Cl)cc(Cl)c1. The van der Waals surface area contributed by atoms with Gasteiger partial charge < -0.3 is 5.11 Å². The lowest BCUT2D eigenvalue weighted by atomic mass is 10.4. The Balaban J connectivity index is 2.48. The second-order valence-corrected chi connectivity index (χ2v) is 6.61. The van der Waals surface area contributed by atoms with Gasteiger partial charge in [0.1, 0.15) is 0 Å². The molecule has 0 aliphatic heterocycles.